The van der Waals surface area contributed by atoms with Gasteiger partial charge in [0, 0.05) is 13.0 Å². The first-order valence-electron chi connectivity index (χ1n) is 6.78. The molecular weight excluding hydrogens is 298 g/mol. The van der Waals surface area contributed by atoms with E-state index in [1.165, 1.54) is 19.1 Å². The van der Waals surface area contributed by atoms with E-state index in [1.54, 1.807) is 0 Å². The summed E-state index contributed by atoms with van der Waals surface area (Å²) in [6, 6.07) is 1.11. The van der Waals surface area contributed by atoms with Crippen molar-refractivity contribution in [1.82, 2.24) is 10.3 Å². The molecule has 0 spiro atoms. The van der Waals surface area contributed by atoms with Gasteiger partial charge < -0.3 is 15.2 Å². The number of aromatic carboxylic acids is 1. The number of rotatable bonds is 3. The number of ether oxygens (including phenoxy) is 1. The first-order chi connectivity index (χ1) is 10.3. The number of amides is 1. The van der Waals surface area contributed by atoms with Crippen LogP contribution in [0.25, 0.3) is 0 Å². The Balaban J connectivity index is 2.14. The second kappa shape index (κ2) is 6.35. The van der Waals surface area contributed by atoms with Gasteiger partial charge in [0.2, 0.25) is 0 Å². The third-order valence-electron chi connectivity index (χ3n) is 3.49. The van der Waals surface area contributed by atoms with E-state index in [1.807, 2.05) is 0 Å². The molecule has 2 heterocycles. The molecule has 0 aromatic carbocycles. The summed E-state index contributed by atoms with van der Waals surface area (Å²) in [5, 5.41) is 11.2. The Morgan fingerprint density at radius 3 is 2.77 bits per heavy atom. The standard InChI is InChI=1S/C14H16F2N2O4/c1-8-9(13(20)21)2-3-10(17-8)12(19)18-11-4-6-22-7-5-14(11,15)16/h2-3,11H,4-7H2,1H3,(H,18,19)(H,20,21). The molecule has 2 rings (SSSR count). The van der Waals surface area contributed by atoms with E-state index in [0.717, 1.165) is 0 Å². The second-order valence-corrected chi connectivity index (χ2v) is 5.07. The number of aryl methyl sites for hydroxylation is 1. The van der Waals surface area contributed by atoms with Gasteiger partial charge in [0.25, 0.3) is 11.8 Å². The van der Waals surface area contributed by atoms with Crippen LogP contribution in [-0.4, -0.2) is 47.1 Å². The number of carboxylic acids is 1. The van der Waals surface area contributed by atoms with Crippen molar-refractivity contribution in [2.45, 2.75) is 31.7 Å². The number of carbonyl (C=O) groups is 2. The normalized spacial score (nSPS) is 21.0. The lowest BCUT2D eigenvalue weighted by Gasteiger charge is -2.24. The highest BCUT2D eigenvalue weighted by atomic mass is 19.3. The minimum Gasteiger partial charge on any atom is -0.478 e. The molecule has 1 aliphatic rings. The third-order valence-corrected chi connectivity index (χ3v) is 3.49. The zero-order chi connectivity index (χ0) is 16.3. The minimum absolute atomic E-state index is 0.00489. The summed E-state index contributed by atoms with van der Waals surface area (Å²) in [6.07, 6.45) is -0.451. The van der Waals surface area contributed by atoms with Crippen molar-refractivity contribution in [1.29, 1.82) is 0 Å². The van der Waals surface area contributed by atoms with Gasteiger partial charge in [-0.2, -0.15) is 0 Å². The number of pyridine rings is 1. The molecule has 1 unspecified atom stereocenters. The molecular formula is C14H16F2N2O4. The maximum absolute atomic E-state index is 13.9. The van der Waals surface area contributed by atoms with E-state index in [0.29, 0.717) is 0 Å². The molecule has 2 N–H and O–H groups in total. The highest BCUT2D eigenvalue weighted by molar-refractivity contribution is 5.94. The molecule has 0 radical (unpaired) electrons. The van der Waals surface area contributed by atoms with Crippen LogP contribution in [0.5, 0.6) is 0 Å². The van der Waals surface area contributed by atoms with Gasteiger partial charge in [0.1, 0.15) is 5.69 Å². The van der Waals surface area contributed by atoms with Gasteiger partial charge in [-0.25, -0.2) is 18.6 Å². The maximum atomic E-state index is 13.9. The second-order valence-electron chi connectivity index (χ2n) is 5.07. The molecule has 1 saturated heterocycles. The molecule has 120 valence electrons. The van der Waals surface area contributed by atoms with E-state index in [9.17, 15) is 18.4 Å². The number of hydrogen-bond donors (Lipinski definition) is 2. The Kier molecular flexibility index (Phi) is 4.70. The molecule has 6 nitrogen and oxygen atoms in total. The van der Waals surface area contributed by atoms with Gasteiger partial charge >= 0.3 is 5.97 Å². The predicted octanol–water partition coefficient (Wildman–Crippen LogP) is 1.63. The molecule has 1 atom stereocenters. The van der Waals surface area contributed by atoms with Crippen molar-refractivity contribution in [3.63, 3.8) is 0 Å². The van der Waals surface area contributed by atoms with Crippen LogP contribution < -0.4 is 5.32 Å². The highest BCUT2D eigenvalue weighted by Gasteiger charge is 2.41. The van der Waals surface area contributed by atoms with Crippen LogP contribution in [-0.2, 0) is 4.74 Å². The monoisotopic (exact) mass is 314 g/mol. The van der Waals surface area contributed by atoms with Crippen LogP contribution in [0.1, 0.15) is 39.4 Å². The van der Waals surface area contributed by atoms with E-state index < -0.39 is 30.3 Å². The predicted molar refractivity (Wildman–Crippen MR) is 72.2 cm³/mol. The zero-order valence-electron chi connectivity index (χ0n) is 11.9. The summed E-state index contributed by atoms with van der Waals surface area (Å²) in [4.78, 5) is 26.8. The number of hydrogen-bond acceptors (Lipinski definition) is 4. The topological polar surface area (TPSA) is 88.5 Å². The number of nitrogens with zero attached hydrogens (tertiary/aromatic N) is 1. The van der Waals surface area contributed by atoms with E-state index in [4.69, 9.17) is 9.84 Å². The van der Waals surface area contributed by atoms with Crippen LogP contribution in [0.2, 0.25) is 0 Å². The lowest BCUT2D eigenvalue weighted by Crippen LogP contribution is -2.47. The van der Waals surface area contributed by atoms with E-state index >= 15 is 0 Å². The Hall–Kier alpha value is -2.09. The summed E-state index contributed by atoms with van der Waals surface area (Å²) < 4.78 is 32.7. The lowest BCUT2D eigenvalue weighted by molar-refractivity contribution is -0.0419. The van der Waals surface area contributed by atoms with Crippen LogP contribution in [0.4, 0.5) is 8.78 Å². The fraction of sp³-hybridized carbons (Fsp3) is 0.500. The number of nitrogens with one attached hydrogen (secondary N) is 1. The molecule has 0 saturated carbocycles. The number of carboxylic acid groups (broad SMARTS) is 1. The summed E-state index contributed by atoms with van der Waals surface area (Å²) in [5.41, 5.74) is 0.0179. The quantitative estimate of drug-likeness (QED) is 0.885. The van der Waals surface area contributed by atoms with Gasteiger partial charge in [0.05, 0.1) is 23.9 Å². The van der Waals surface area contributed by atoms with Gasteiger partial charge in [0.15, 0.2) is 0 Å². The number of halogens is 2. The van der Waals surface area contributed by atoms with Crippen LogP contribution in [0.3, 0.4) is 0 Å². The van der Waals surface area contributed by atoms with Gasteiger partial charge in [-0.3, -0.25) is 4.79 Å². The summed E-state index contributed by atoms with van der Waals surface area (Å²) in [7, 11) is 0. The van der Waals surface area contributed by atoms with Crippen LogP contribution in [0.15, 0.2) is 12.1 Å². The molecule has 8 heteroatoms. The largest absolute Gasteiger partial charge is 0.478 e. The molecule has 1 aromatic rings. The maximum Gasteiger partial charge on any atom is 0.337 e. The molecule has 0 aliphatic carbocycles. The molecule has 1 aromatic heterocycles. The average Bonchev–Trinajstić information content (AvgIpc) is 2.60. The summed E-state index contributed by atoms with van der Waals surface area (Å²) >= 11 is 0. The fourth-order valence-corrected chi connectivity index (χ4v) is 2.22. The Labute approximate surface area is 125 Å². The van der Waals surface area contributed by atoms with Crippen molar-refractivity contribution >= 4 is 11.9 Å². The SMILES string of the molecule is Cc1nc(C(=O)NC2CCOCCC2(F)F)ccc1C(=O)O. The van der Waals surface area contributed by atoms with Crippen molar-refractivity contribution in [2.75, 3.05) is 13.2 Å². The third kappa shape index (κ3) is 3.56. The summed E-state index contributed by atoms with van der Waals surface area (Å²) in [6.45, 7) is 1.53. The summed E-state index contributed by atoms with van der Waals surface area (Å²) in [5.74, 6) is -4.97. The van der Waals surface area contributed by atoms with Crippen molar-refractivity contribution in [3.8, 4) is 0 Å². The number of alkyl halides is 2. The van der Waals surface area contributed by atoms with Crippen molar-refractivity contribution in [3.05, 3.63) is 29.1 Å². The van der Waals surface area contributed by atoms with Gasteiger partial charge in [-0.1, -0.05) is 0 Å². The molecule has 22 heavy (non-hydrogen) atoms. The lowest BCUT2D eigenvalue weighted by atomic mass is 10.0. The Bertz CT molecular complexity index is 592. The molecule has 1 fully saturated rings. The molecule has 1 amide bonds. The minimum atomic E-state index is -3.05. The number of carbonyl (C=O) groups excluding carboxylic acids is 1. The first kappa shape index (κ1) is 16.3. The smallest absolute Gasteiger partial charge is 0.337 e. The van der Waals surface area contributed by atoms with Crippen molar-refractivity contribution < 1.29 is 28.2 Å². The first-order valence-corrected chi connectivity index (χ1v) is 6.78. The molecule has 0 bridgehead atoms. The van der Waals surface area contributed by atoms with E-state index in [2.05, 4.69) is 10.3 Å². The van der Waals surface area contributed by atoms with Crippen LogP contribution in [0, 0.1) is 6.92 Å². The average molecular weight is 314 g/mol. The van der Waals surface area contributed by atoms with Crippen LogP contribution >= 0.6 is 0 Å². The van der Waals surface area contributed by atoms with Gasteiger partial charge in [-0.15, -0.1) is 0 Å². The highest BCUT2D eigenvalue weighted by Crippen LogP contribution is 2.27. The number of aromatic nitrogens is 1. The Morgan fingerprint density at radius 1 is 1.41 bits per heavy atom. The van der Waals surface area contributed by atoms with E-state index in [-0.39, 0.29) is 36.6 Å². The Morgan fingerprint density at radius 2 is 2.14 bits per heavy atom. The van der Waals surface area contributed by atoms with Gasteiger partial charge in [-0.05, 0) is 25.5 Å². The van der Waals surface area contributed by atoms with Crippen molar-refractivity contribution in [2.24, 2.45) is 0 Å². The molecule has 1 aliphatic heterocycles. The fourth-order valence-electron chi connectivity index (χ4n) is 2.22. The zero-order valence-corrected chi connectivity index (χ0v) is 11.9.